The topological polar surface area (TPSA) is 39.4 Å². The zero-order valence-electron chi connectivity index (χ0n) is 25.5. The lowest BCUT2D eigenvalue weighted by atomic mass is 9.91. The number of carbonyl (C=O) groups excluding carboxylic acids is 1. The molecule has 0 radical (unpaired) electrons. The second-order valence-corrected chi connectivity index (χ2v) is 14.2. The van der Waals surface area contributed by atoms with Crippen LogP contribution in [0, 0.1) is 4.51 Å². The van der Waals surface area contributed by atoms with Crippen LogP contribution in [0.1, 0.15) is 0 Å². The summed E-state index contributed by atoms with van der Waals surface area (Å²) in [5, 5.41) is 0.346. The number of carbonyl (C=O) groups is 1. The molecule has 3 nitrogen and oxygen atoms in total. The molecule has 0 aliphatic heterocycles. The fourth-order valence-corrected chi connectivity index (χ4v) is 8.39. The average molecular weight is 811 g/mol. The van der Waals surface area contributed by atoms with Crippen LogP contribution in [0.5, 0.6) is 0 Å². The summed E-state index contributed by atoms with van der Waals surface area (Å²) in [7, 11) is -4.29. The number of alkyl halides is 15. The van der Waals surface area contributed by atoms with Gasteiger partial charge in [0.05, 0.1) is 4.51 Å². The van der Waals surface area contributed by atoms with Crippen LogP contribution in [-0.2, 0) is 8.98 Å². The highest BCUT2D eigenvalue weighted by Gasteiger charge is 2.94. The molecule has 0 aliphatic rings. The molecule has 53 heavy (non-hydrogen) atoms. The Bertz CT molecular complexity index is 2180. The van der Waals surface area contributed by atoms with Crippen LogP contribution in [0.3, 0.4) is 0 Å². The molecule has 20 heteroatoms. The molecular formula is C33H17F15O3S2. The van der Waals surface area contributed by atoms with Crippen molar-refractivity contribution < 1.29 is 79.3 Å². The lowest BCUT2D eigenvalue weighted by Crippen LogP contribution is -2.73. The lowest BCUT2D eigenvalue weighted by Gasteiger charge is -2.43. The van der Waals surface area contributed by atoms with E-state index in [9.17, 15) is 61.9 Å². The van der Waals surface area contributed by atoms with Crippen molar-refractivity contribution in [2.75, 3.05) is 0 Å². The van der Waals surface area contributed by atoms with Crippen molar-refractivity contribution in [1.29, 1.82) is 0 Å². The van der Waals surface area contributed by atoms with Crippen LogP contribution in [0.2, 0.25) is 0 Å². The smallest absolute Gasteiger partial charge is 0.456 e. The van der Waals surface area contributed by atoms with Gasteiger partial charge in [0, 0.05) is 25.5 Å². The number of para-hydroxylation sites is 1. The summed E-state index contributed by atoms with van der Waals surface area (Å²) >= 11 is 5.54. The first kappa shape index (κ1) is 39.7. The fourth-order valence-electron chi connectivity index (χ4n) is 5.00. The average Bonchev–Trinajstić information content (AvgIpc) is 3.10. The lowest BCUT2D eigenvalue weighted by molar-refractivity contribution is -0.450. The standard InChI is InChI=1S/C33H17F15O3S2/c34-27(35,28(36,37)29(38,39)30(40,41)31(42,43)32(44,45)33(46,47)48)26(49)51-53(18-9-3-1-4-10-18,19-11-5-2-6-12-19)20-15-16-24-22(17-20)25(52)21-13-7-8-14-23(21)50-24/h1-17H. The van der Waals surface area contributed by atoms with Crippen LogP contribution in [-0.4, -0.2) is 47.7 Å². The Kier molecular flexibility index (Phi) is 9.63. The third-order valence-corrected chi connectivity index (χ3v) is 11.4. The number of halogens is 15. The maximum Gasteiger partial charge on any atom is 0.460 e. The summed E-state index contributed by atoms with van der Waals surface area (Å²) < 4.78 is 221. The Labute approximate surface area is 293 Å². The second kappa shape index (κ2) is 12.8. The molecule has 0 fully saturated rings. The predicted octanol–water partition coefficient (Wildman–Crippen LogP) is 12.4. The van der Waals surface area contributed by atoms with Crippen LogP contribution in [0.15, 0.2) is 122 Å². The van der Waals surface area contributed by atoms with Crippen LogP contribution in [0.4, 0.5) is 65.9 Å². The molecule has 5 aromatic rings. The molecule has 0 amide bonds. The van der Waals surface area contributed by atoms with Gasteiger partial charge < -0.3 is 8.60 Å². The molecule has 1 heterocycles. The second-order valence-electron chi connectivity index (χ2n) is 11.1. The van der Waals surface area contributed by atoms with Crippen molar-refractivity contribution in [2.24, 2.45) is 0 Å². The van der Waals surface area contributed by atoms with E-state index in [2.05, 4.69) is 0 Å². The van der Waals surface area contributed by atoms with Gasteiger partial charge >= 0.3 is 47.7 Å². The number of fused-ring (bicyclic) bond motifs is 2. The summed E-state index contributed by atoms with van der Waals surface area (Å²) in [5.41, 5.74) is 0.306. The molecule has 0 saturated carbocycles. The molecule has 4 aromatic carbocycles. The van der Waals surface area contributed by atoms with E-state index in [0.29, 0.717) is 5.39 Å². The number of rotatable bonds is 10. The zero-order chi connectivity index (χ0) is 39.6. The summed E-state index contributed by atoms with van der Waals surface area (Å²) in [4.78, 5) is 12.1. The third-order valence-electron chi connectivity index (χ3n) is 7.81. The van der Waals surface area contributed by atoms with Crippen molar-refractivity contribution in [1.82, 2.24) is 0 Å². The number of benzene rings is 4. The molecule has 284 valence electrons. The van der Waals surface area contributed by atoms with Gasteiger partial charge in [-0.1, -0.05) is 60.7 Å². The van der Waals surface area contributed by atoms with Crippen molar-refractivity contribution in [3.63, 3.8) is 0 Å². The Morgan fingerprint density at radius 2 is 0.943 bits per heavy atom. The van der Waals surface area contributed by atoms with E-state index in [-0.39, 0.29) is 35.7 Å². The number of hydrogen-bond donors (Lipinski definition) is 0. The van der Waals surface area contributed by atoms with E-state index < -0.39 is 58.0 Å². The highest BCUT2D eigenvalue weighted by Crippen LogP contribution is 2.71. The van der Waals surface area contributed by atoms with E-state index in [1.807, 2.05) is 0 Å². The molecular weight excluding hydrogens is 793 g/mol. The van der Waals surface area contributed by atoms with Gasteiger partial charge in [-0.3, -0.25) is 0 Å². The SMILES string of the molecule is O=C(OS(c1ccccc1)(c1ccccc1)c1ccc2oc3ccccc3c(=S)c2c1)C(F)(F)C(F)(F)C(F)(F)C(F)(F)C(F)(F)C(F)(F)C(F)(F)F. The van der Waals surface area contributed by atoms with E-state index in [0.717, 1.165) is 36.4 Å². The third kappa shape index (κ3) is 5.79. The van der Waals surface area contributed by atoms with Crippen LogP contribution >= 0.6 is 22.5 Å². The quantitative estimate of drug-likeness (QED) is 0.0800. The largest absolute Gasteiger partial charge is 0.460 e. The van der Waals surface area contributed by atoms with Gasteiger partial charge in [0.1, 0.15) is 11.2 Å². The number of hydrogen-bond acceptors (Lipinski definition) is 4. The first-order chi connectivity index (χ1) is 24.3. The Balaban J connectivity index is 1.73. The van der Waals surface area contributed by atoms with Gasteiger partial charge in [-0.25, -0.2) is 4.79 Å². The Hall–Kier alpha value is -4.46. The van der Waals surface area contributed by atoms with Crippen LogP contribution < -0.4 is 0 Å². The first-order valence-electron chi connectivity index (χ1n) is 14.3. The van der Waals surface area contributed by atoms with Crippen LogP contribution in [0.25, 0.3) is 21.9 Å². The van der Waals surface area contributed by atoms with Gasteiger partial charge in [0.25, 0.3) is 0 Å². The van der Waals surface area contributed by atoms with Gasteiger partial charge in [0.15, 0.2) is 0 Å². The van der Waals surface area contributed by atoms with E-state index >= 15 is 8.78 Å². The predicted molar refractivity (Wildman–Crippen MR) is 162 cm³/mol. The molecule has 0 saturated heterocycles. The Morgan fingerprint density at radius 1 is 0.509 bits per heavy atom. The van der Waals surface area contributed by atoms with Crippen molar-refractivity contribution in [3.8, 4) is 0 Å². The van der Waals surface area contributed by atoms with Crippen molar-refractivity contribution in [2.45, 2.75) is 56.4 Å². The van der Waals surface area contributed by atoms with Gasteiger partial charge in [-0.05, 0) is 64.9 Å². The van der Waals surface area contributed by atoms with Gasteiger partial charge in [-0.15, -0.1) is 0 Å². The summed E-state index contributed by atoms with van der Waals surface area (Å²) in [6.45, 7) is 0. The van der Waals surface area contributed by atoms with Crippen molar-refractivity contribution >= 4 is 50.4 Å². The fraction of sp³-hybridized carbons (Fsp3) is 0.212. The normalized spacial score (nSPS) is 14.4. The summed E-state index contributed by atoms with van der Waals surface area (Å²) in [6, 6.07) is 21.5. The Morgan fingerprint density at radius 3 is 1.45 bits per heavy atom. The molecule has 1 aromatic heterocycles. The first-order valence-corrected chi connectivity index (χ1v) is 16.2. The molecule has 0 spiro atoms. The minimum atomic E-state index is -8.58. The minimum Gasteiger partial charge on any atom is -0.456 e. The van der Waals surface area contributed by atoms with E-state index in [1.54, 1.807) is 12.1 Å². The molecule has 0 unspecified atom stereocenters. The molecule has 0 atom stereocenters. The maximum atomic E-state index is 15.4. The highest BCUT2D eigenvalue weighted by atomic mass is 32.3. The molecule has 0 N–H and O–H groups in total. The molecule has 0 aliphatic carbocycles. The minimum absolute atomic E-state index is 0.0204. The monoisotopic (exact) mass is 810 g/mol. The maximum absolute atomic E-state index is 15.4. The van der Waals surface area contributed by atoms with E-state index in [1.165, 1.54) is 54.6 Å². The highest BCUT2D eigenvalue weighted by molar-refractivity contribution is 8.30. The molecule has 0 bridgehead atoms. The molecule has 5 rings (SSSR count). The van der Waals surface area contributed by atoms with Gasteiger partial charge in [0.2, 0.25) is 0 Å². The zero-order valence-corrected chi connectivity index (χ0v) is 27.2. The summed E-state index contributed by atoms with van der Waals surface area (Å²) in [6.07, 6.45) is -7.77. The van der Waals surface area contributed by atoms with E-state index in [4.69, 9.17) is 20.8 Å². The van der Waals surface area contributed by atoms with Gasteiger partial charge in [-0.2, -0.15) is 65.9 Å². The summed E-state index contributed by atoms with van der Waals surface area (Å²) in [5.74, 6) is -53.0. The van der Waals surface area contributed by atoms with Crippen molar-refractivity contribution in [3.05, 3.63) is 108 Å².